The number of fused-ring (bicyclic) bond motifs is 4. The highest BCUT2D eigenvalue weighted by Crippen LogP contribution is 2.35. The topological polar surface area (TPSA) is 168 Å². The number of hydrogen-bond donors (Lipinski definition) is 3. The van der Waals surface area contributed by atoms with Gasteiger partial charge in [-0.25, -0.2) is 14.6 Å². The molecule has 0 radical (unpaired) electrons. The summed E-state index contributed by atoms with van der Waals surface area (Å²) in [5.74, 6) is 0.527. The van der Waals surface area contributed by atoms with Gasteiger partial charge in [0.25, 0.3) is 5.56 Å². The van der Waals surface area contributed by atoms with Crippen molar-refractivity contribution in [3.63, 3.8) is 0 Å². The van der Waals surface area contributed by atoms with Crippen LogP contribution in [0.3, 0.4) is 0 Å². The first kappa shape index (κ1) is 13.3. The predicted octanol–water partition coefficient (Wildman–Crippen LogP) is 0.556. The average Bonchev–Trinajstić information content (AvgIpc) is 3.33. The van der Waals surface area contributed by atoms with Gasteiger partial charge in [-0.3, -0.25) is 9.89 Å². The number of furan rings is 1. The van der Waals surface area contributed by atoms with Crippen molar-refractivity contribution in [2.45, 2.75) is 0 Å². The first-order valence-electron chi connectivity index (χ1n) is 7.07. The summed E-state index contributed by atoms with van der Waals surface area (Å²) in [7, 11) is 0. The number of nitrogens with two attached hydrogens (primary N) is 1. The number of hydrogen-bond acceptors (Lipinski definition) is 8. The van der Waals surface area contributed by atoms with Crippen LogP contribution in [-0.4, -0.2) is 35.0 Å². The van der Waals surface area contributed by atoms with Crippen LogP contribution in [0.25, 0.3) is 39.0 Å². The zero-order chi connectivity index (χ0) is 17.1. The molecule has 5 rings (SSSR count). The van der Waals surface area contributed by atoms with Gasteiger partial charge in [-0.1, -0.05) is 0 Å². The van der Waals surface area contributed by atoms with Crippen molar-refractivity contribution in [2.75, 3.05) is 5.73 Å². The minimum Gasteiger partial charge on any atom is -0.464 e. The third-order valence-electron chi connectivity index (χ3n) is 3.92. The lowest BCUT2D eigenvalue weighted by molar-refractivity contribution is 0.583. The number of H-pyrrole nitrogens is 2. The van der Waals surface area contributed by atoms with Crippen LogP contribution in [0.4, 0.5) is 5.82 Å². The average molecular weight is 333 g/mol. The number of pyridine rings is 1. The summed E-state index contributed by atoms with van der Waals surface area (Å²) in [4.78, 5) is 16.6. The number of rotatable bonds is 1. The van der Waals surface area contributed by atoms with E-state index in [0.29, 0.717) is 28.0 Å². The number of anilines is 1. The molecule has 5 aromatic rings. The highest BCUT2D eigenvalue weighted by Gasteiger charge is 2.23. The molecule has 5 heterocycles. The lowest BCUT2D eigenvalue weighted by Gasteiger charge is -2.01. The van der Waals surface area contributed by atoms with E-state index in [1.165, 1.54) is 10.8 Å². The van der Waals surface area contributed by atoms with Crippen molar-refractivity contribution in [3.8, 4) is 17.4 Å². The number of aromatic nitrogens is 7. The summed E-state index contributed by atoms with van der Waals surface area (Å²) >= 11 is 0. The molecule has 0 aliphatic carbocycles. The second kappa shape index (κ2) is 4.42. The molecule has 0 bridgehead atoms. The van der Waals surface area contributed by atoms with E-state index in [-0.39, 0.29) is 22.5 Å². The van der Waals surface area contributed by atoms with Gasteiger partial charge >= 0.3 is 0 Å². The van der Waals surface area contributed by atoms with Crippen LogP contribution < -0.4 is 11.3 Å². The maximum Gasteiger partial charge on any atom is 0.276 e. The summed E-state index contributed by atoms with van der Waals surface area (Å²) in [5, 5.41) is 27.0. The van der Waals surface area contributed by atoms with Gasteiger partial charge in [0.05, 0.1) is 17.0 Å². The number of nitrogens with one attached hydrogen (secondary N) is 2. The Balaban J connectivity index is 2.10. The van der Waals surface area contributed by atoms with Gasteiger partial charge in [-0.05, 0) is 12.1 Å². The minimum atomic E-state index is -0.398. The molecule has 0 aliphatic heterocycles. The Morgan fingerprint density at radius 1 is 1.32 bits per heavy atom. The monoisotopic (exact) mass is 333 g/mol. The molecule has 0 unspecified atom stereocenters. The molecule has 0 atom stereocenters. The van der Waals surface area contributed by atoms with E-state index < -0.39 is 5.56 Å². The van der Waals surface area contributed by atoms with Crippen molar-refractivity contribution in [1.82, 2.24) is 35.0 Å². The summed E-state index contributed by atoms with van der Waals surface area (Å²) in [5.41, 5.74) is 6.92. The highest BCUT2D eigenvalue weighted by atomic mass is 16.3. The maximum absolute atomic E-state index is 12.2. The molecule has 5 aromatic heterocycles. The van der Waals surface area contributed by atoms with E-state index in [1.54, 1.807) is 12.1 Å². The van der Waals surface area contributed by atoms with E-state index in [4.69, 9.17) is 15.4 Å². The van der Waals surface area contributed by atoms with Crippen LogP contribution >= 0.6 is 0 Å². The Morgan fingerprint density at radius 3 is 2.96 bits per heavy atom. The Labute approximate surface area is 136 Å². The fraction of sp³-hybridized carbons (Fsp3) is 0. The molecule has 11 heteroatoms. The van der Waals surface area contributed by atoms with Gasteiger partial charge < -0.3 is 10.2 Å². The van der Waals surface area contributed by atoms with Crippen LogP contribution in [0, 0.1) is 11.3 Å². The molecule has 0 fully saturated rings. The molecule has 0 amide bonds. The Morgan fingerprint density at radius 2 is 2.20 bits per heavy atom. The molecular weight excluding hydrogens is 326 g/mol. The first-order valence-corrected chi connectivity index (χ1v) is 7.07. The van der Waals surface area contributed by atoms with E-state index in [2.05, 4.69) is 30.5 Å². The molecule has 11 nitrogen and oxygen atoms in total. The van der Waals surface area contributed by atoms with Gasteiger partial charge in [0.1, 0.15) is 11.8 Å². The van der Waals surface area contributed by atoms with Crippen LogP contribution in [-0.2, 0) is 0 Å². The fourth-order valence-electron chi connectivity index (χ4n) is 2.87. The number of nitriles is 1. The standard InChI is InChI=1S/C14H7N9O2/c15-4-5-10(16)23-13(20-18-5)8-7(6-2-1-3-25-6)9-11(17-12(8)22-23)19-21-14(9)24/h1-3H,16H2,(H,21,24)(H,17,19,22). The highest BCUT2D eigenvalue weighted by molar-refractivity contribution is 6.12. The minimum absolute atomic E-state index is 0.0291. The molecule has 0 saturated carbocycles. The molecule has 0 aliphatic rings. The smallest absolute Gasteiger partial charge is 0.276 e. The molecule has 120 valence electrons. The van der Waals surface area contributed by atoms with Crippen molar-refractivity contribution in [1.29, 1.82) is 5.26 Å². The molecule has 0 aromatic carbocycles. The van der Waals surface area contributed by atoms with Gasteiger partial charge in [0.15, 0.2) is 22.8 Å². The normalized spacial score (nSPS) is 11.5. The summed E-state index contributed by atoms with van der Waals surface area (Å²) in [6.07, 6.45) is 1.49. The maximum atomic E-state index is 12.2. The van der Waals surface area contributed by atoms with Crippen molar-refractivity contribution in [3.05, 3.63) is 34.4 Å². The Bertz CT molecular complexity index is 1380. The zero-order valence-corrected chi connectivity index (χ0v) is 12.3. The largest absolute Gasteiger partial charge is 0.464 e. The van der Waals surface area contributed by atoms with Crippen LogP contribution in [0.1, 0.15) is 5.69 Å². The van der Waals surface area contributed by atoms with Crippen LogP contribution in [0.15, 0.2) is 27.6 Å². The third kappa shape index (κ3) is 1.59. The third-order valence-corrected chi connectivity index (χ3v) is 3.92. The number of nitrogen functional groups attached to an aromatic ring is 1. The summed E-state index contributed by atoms with van der Waals surface area (Å²) < 4.78 is 6.88. The van der Waals surface area contributed by atoms with Crippen molar-refractivity contribution in [2.24, 2.45) is 0 Å². The van der Waals surface area contributed by atoms with E-state index in [9.17, 15) is 4.79 Å². The summed E-state index contributed by atoms with van der Waals surface area (Å²) in [6, 6.07) is 5.28. The van der Waals surface area contributed by atoms with Crippen molar-refractivity contribution < 1.29 is 4.42 Å². The first-order chi connectivity index (χ1) is 12.2. The SMILES string of the molecule is N#Cc1nnc2c3c(-c4ccco4)c4c(=O)[nH]nc4nc3[nH]n2c1N. The van der Waals surface area contributed by atoms with E-state index in [0.717, 1.165) is 0 Å². The van der Waals surface area contributed by atoms with Crippen LogP contribution in [0.5, 0.6) is 0 Å². The van der Waals surface area contributed by atoms with Gasteiger partial charge in [0, 0.05) is 5.56 Å². The molecule has 4 N–H and O–H groups in total. The quantitative estimate of drug-likeness (QED) is 0.399. The molecule has 0 saturated heterocycles. The van der Waals surface area contributed by atoms with Crippen molar-refractivity contribution >= 4 is 33.5 Å². The molecule has 25 heavy (non-hydrogen) atoms. The second-order valence-electron chi connectivity index (χ2n) is 5.26. The summed E-state index contributed by atoms with van der Waals surface area (Å²) in [6.45, 7) is 0. The number of nitrogens with zero attached hydrogens (tertiary/aromatic N) is 6. The Kier molecular flexibility index (Phi) is 2.34. The van der Waals surface area contributed by atoms with E-state index in [1.807, 2.05) is 6.07 Å². The van der Waals surface area contributed by atoms with Gasteiger partial charge in [-0.2, -0.15) is 10.4 Å². The predicted molar refractivity (Wildman–Crippen MR) is 85.4 cm³/mol. The second-order valence-corrected chi connectivity index (χ2v) is 5.26. The Hall–Kier alpha value is -4.20. The fourth-order valence-corrected chi connectivity index (χ4v) is 2.87. The molecular formula is C14H7N9O2. The van der Waals surface area contributed by atoms with E-state index >= 15 is 0 Å². The van der Waals surface area contributed by atoms with Gasteiger partial charge in [0.2, 0.25) is 5.69 Å². The van der Waals surface area contributed by atoms with Crippen LogP contribution in [0.2, 0.25) is 0 Å². The number of aromatic amines is 2. The lowest BCUT2D eigenvalue weighted by Crippen LogP contribution is -2.05. The molecule has 0 spiro atoms. The van der Waals surface area contributed by atoms with Gasteiger partial charge in [-0.15, -0.1) is 10.2 Å². The zero-order valence-electron chi connectivity index (χ0n) is 12.3. The lowest BCUT2D eigenvalue weighted by atomic mass is 10.1.